The number of rotatable bonds is 6. The number of hydrogen-bond donors (Lipinski definition) is 2. The lowest BCUT2D eigenvalue weighted by Gasteiger charge is -2.32. The van der Waals surface area contributed by atoms with E-state index in [0.29, 0.717) is 25.3 Å². The Kier molecular flexibility index (Phi) is 7.24. The van der Waals surface area contributed by atoms with Gasteiger partial charge in [-0.1, -0.05) is 29.8 Å². The fourth-order valence-corrected chi connectivity index (χ4v) is 4.77. The molecule has 2 heterocycles. The van der Waals surface area contributed by atoms with E-state index in [1.807, 2.05) is 60.4 Å². The van der Waals surface area contributed by atoms with Gasteiger partial charge in [0.2, 0.25) is 0 Å². The van der Waals surface area contributed by atoms with Crippen LogP contribution >= 0.6 is 11.3 Å². The van der Waals surface area contributed by atoms with Crippen molar-refractivity contribution >= 4 is 29.0 Å². The fraction of sp³-hybridized carbons (Fsp3) is 0.320. The molecule has 1 aliphatic rings. The average molecular weight is 465 g/mol. The molecule has 4 rings (SSSR count). The molecule has 0 radical (unpaired) electrons. The first-order chi connectivity index (χ1) is 16.0. The van der Waals surface area contributed by atoms with Gasteiger partial charge in [-0.3, -0.25) is 4.79 Å². The average Bonchev–Trinajstić information content (AvgIpc) is 3.34. The van der Waals surface area contributed by atoms with E-state index in [9.17, 15) is 9.59 Å². The van der Waals surface area contributed by atoms with E-state index < -0.39 is 0 Å². The number of piperidine rings is 1. The third-order valence-corrected chi connectivity index (χ3v) is 6.60. The number of carbonyl (C=O) groups is 2. The lowest BCUT2D eigenvalue weighted by Crippen LogP contribution is -2.44. The zero-order valence-electron chi connectivity index (χ0n) is 18.8. The number of amides is 3. The van der Waals surface area contributed by atoms with Crippen LogP contribution < -0.4 is 15.4 Å². The summed E-state index contributed by atoms with van der Waals surface area (Å²) in [7, 11) is 1.63. The minimum Gasteiger partial charge on any atom is -0.496 e. The van der Waals surface area contributed by atoms with Crippen LogP contribution in [0, 0.1) is 12.8 Å². The highest BCUT2D eigenvalue weighted by molar-refractivity contribution is 7.13. The second-order valence-electron chi connectivity index (χ2n) is 8.20. The number of carbonyl (C=O) groups excluding carboxylic acids is 2. The standard InChI is InChI=1S/C25H28N4O3S/c1-17-9-11-19(12-10-17)27-25(31)26-14-18-6-5-13-29(15-18)24(30)21-16-33-23(28-21)20-7-3-4-8-22(20)32-2/h3-4,7-12,16,18H,5-6,13-15H2,1-2H3,(H2,26,27,31). The van der Waals surface area contributed by atoms with E-state index in [1.54, 1.807) is 12.5 Å². The van der Waals surface area contributed by atoms with Crippen LogP contribution in [0.1, 0.15) is 28.9 Å². The van der Waals surface area contributed by atoms with Crippen LogP contribution in [0.4, 0.5) is 10.5 Å². The topological polar surface area (TPSA) is 83.6 Å². The normalized spacial score (nSPS) is 15.7. The molecular weight excluding hydrogens is 436 g/mol. The molecule has 2 N–H and O–H groups in total. The fourth-order valence-electron chi connectivity index (χ4n) is 3.94. The number of thiazole rings is 1. The molecule has 1 unspecified atom stereocenters. The highest BCUT2D eigenvalue weighted by Gasteiger charge is 2.26. The highest BCUT2D eigenvalue weighted by atomic mass is 32.1. The van der Waals surface area contributed by atoms with E-state index in [-0.39, 0.29) is 17.9 Å². The number of ether oxygens (including phenoxy) is 1. The van der Waals surface area contributed by atoms with Gasteiger partial charge < -0.3 is 20.3 Å². The highest BCUT2D eigenvalue weighted by Crippen LogP contribution is 2.32. The molecule has 2 aromatic carbocycles. The van der Waals surface area contributed by atoms with Gasteiger partial charge in [0.15, 0.2) is 0 Å². The molecule has 0 saturated carbocycles. The maximum Gasteiger partial charge on any atom is 0.319 e. The number of likely N-dealkylation sites (tertiary alicyclic amines) is 1. The van der Waals surface area contributed by atoms with Gasteiger partial charge in [0.25, 0.3) is 5.91 Å². The van der Waals surface area contributed by atoms with Crippen molar-refractivity contribution in [2.45, 2.75) is 19.8 Å². The van der Waals surface area contributed by atoms with E-state index in [2.05, 4.69) is 15.6 Å². The summed E-state index contributed by atoms with van der Waals surface area (Å²) in [6.45, 7) is 3.83. The summed E-state index contributed by atoms with van der Waals surface area (Å²) in [6.07, 6.45) is 1.87. The van der Waals surface area contributed by atoms with Crippen molar-refractivity contribution in [3.05, 3.63) is 65.2 Å². The van der Waals surface area contributed by atoms with E-state index in [0.717, 1.165) is 40.4 Å². The Balaban J connectivity index is 1.33. The first-order valence-corrected chi connectivity index (χ1v) is 11.9. The van der Waals surface area contributed by atoms with Crippen molar-refractivity contribution in [3.63, 3.8) is 0 Å². The molecule has 1 saturated heterocycles. The van der Waals surface area contributed by atoms with Crippen LogP contribution in [0.15, 0.2) is 53.9 Å². The van der Waals surface area contributed by atoms with Gasteiger partial charge in [0.05, 0.1) is 12.7 Å². The summed E-state index contributed by atoms with van der Waals surface area (Å²) in [5, 5.41) is 8.35. The molecule has 8 heteroatoms. The van der Waals surface area contributed by atoms with Crippen LogP contribution in [-0.2, 0) is 0 Å². The number of aryl methyl sites for hydroxylation is 1. The second-order valence-corrected chi connectivity index (χ2v) is 9.06. The van der Waals surface area contributed by atoms with Crippen molar-refractivity contribution in [2.24, 2.45) is 5.92 Å². The molecule has 1 aliphatic heterocycles. The number of anilines is 1. The smallest absolute Gasteiger partial charge is 0.319 e. The van der Waals surface area contributed by atoms with Gasteiger partial charge in [0.1, 0.15) is 16.5 Å². The van der Waals surface area contributed by atoms with Crippen molar-refractivity contribution in [2.75, 3.05) is 32.1 Å². The number of para-hydroxylation sites is 1. The molecule has 1 aromatic heterocycles. The van der Waals surface area contributed by atoms with E-state index in [4.69, 9.17) is 4.74 Å². The Labute approximate surface area is 197 Å². The molecule has 1 fully saturated rings. The molecule has 7 nitrogen and oxygen atoms in total. The van der Waals surface area contributed by atoms with Gasteiger partial charge in [-0.05, 0) is 49.9 Å². The summed E-state index contributed by atoms with van der Waals surface area (Å²) >= 11 is 1.44. The molecule has 33 heavy (non-hydrogen) atoms. The van der Waals surface area contributed by atoms with Crippen LogP contribution in [0.2, 0.25) is 0 Å². The Morgan fingerprint density at radius 2 is 1.97 bits per heavy atom. The van der Waals surface area contributed by atoms with Crippen LogP contribution in [0.3, 0.4) is 0 Å². The largest absolute Gasteiger partial charge is 0.496 e. The summed E-state index contributed by atoms with van der Waals surface area (Å²) in [5.41, 5.74) is 3.23. The Bertz CT molecular complexity index is 1110. The second kappa shape index (κ2) is 10.5. The number of benzene rings is 2. The lowest BCUT2D eigenvalue weighted by atomic mass is 9.98. The Hall–Kier alpha value is -3.39. The van der Waals surface area contributed by atoms with Crippen LogP contribution in [0.25, 0.3) is 10.6 Å². The van der Waals surface area contributed by atoms with E-state index >= 15 is 0 Å². The van der Waals surface area contributed by atoms with Crippen molar-refractivity contribution < 1.29 is 14.3 Å². The number of urea groups is 1. The molecule has 0 spiro atoms. The maximum atomic E-state index is 13.1. The summed E-state index contributed by atoms with van der Waals surface area (Å²) in [5.74, 6) is 0.874. The number of aromatic nitrogens is 1. The Morgan fingerprint density at radius 1 is 1.18 bits per heavy atom. The molecule has 0 bridgehead atoms. The predicted octanol–water partition coefficient (Wildman–Crippen LogP) is 4.80. The molecule has 3 aromatic rings. The van der Waals surface area contributed by atoms with Crippen molar-refractivity contribution in [3.8, 4) is 16.3 Å². The monoisotopic (exact) mass is 464 g/mol. The molecule has 3 amide bonds. The minimum atomic E-state index is -0.233. The summed E-state index contributed by atoms with van der Waals surface area (Å²) < 4.78 is 5.42. The van der Waals surface area contributed by atoms with Gasteiger partial charge >= 0.3 is 6.03 Å². The first-order valence-electron chi connectivity index (χ1n) is 11.0. The molecule has 172 valence electrons. The molecular formula is C25H28N4O3S. The quantitative estimate of drug-likeness (QED) is 0.549. The summed E-state index contributed by atoms with van der Waals surface area (Å²) in [4.78, 5) is 31.8. The van der Waals surface area contributed by atoms with Crippen LogP contribution in [-0.4, -0.2) is 48.6 Å². The third kappa shape index (κ3) is 5.70. The first kappa shape index (κ1) is 22.8. The van der Waals surface area contributed by atoms with Gasteiger partial charge in [-0.25, -0.2) is 9.78 Å². The molecule has 1 atom stereocenters. The zero-order valence-corrected chi connectivity index (χ0v) is 19.7. The summed E-state index contributed by atoms with van der Waals surface area (Å²) in [6, 6.07) is 15.1. The third-order valence-electron chi connectivity index (χ3n) is 5.73. The maximum absolute atomic E-state index is 13.1. The Morgan fingerprint density at radius 3 is 2.76 bits per heavy atom. The van der Waals surface area contributed by atoms with Crippen LogP contribution in [0.5, 0.6) is 5.75 Å². The number of nitrogens with zero attached hydrogens (tertiary/aromatic N) is 2. The van der Waals surface area contributed by atoms with Gasteiger partial charge in [-0.15, -0.1) is 11.3 Å². The number of hydrogen-bond acceptors (Lipinski definition) is 5. The predicted molar refractivity (Wildman–Crippen MR) is 131 cm³/mol. The van der Waals surface area contributed by atoms with Crippen molar-refractivity contribution in [1.29, 1.82) is 0 Å². The molecule has 0 aliphatic carbocycles. The minimum absolute atomic E-state index is 0.0683. The van der Waals surface area contributed by atoms with Gasteiger partial charge in [0, 0.05) is 30.7 Å². The number of nitrogens with one attached hydrogen (secondary N) is 2. The SMILES string of the molecule is COc1ccccc1-c1nc(C(=O)N2CCCC(CNC(=O)Nc3ccc(C)cc3)C2)cs1. The van der Waals surface area contributed by atoms with Gasteiger partial charge in [-0.2, -0.15) is 0 Å². The van der Waals surface area contributed by atoms with E-state index in [1.165, 1.54) is 11.3 Å². The number of methoxy groups -OCH3 is 1. The van der Waals surface area contributed by atoms with Crippen molar-refractivity contribution in [1.82, 2.24) is 15.2 Å². The lowest BCUT2D eigenvalue weighted by molar-refractivity contribution is 0.0670. The zero-order chi connectivity index (χ0) is 23.2.